The van der Waals surface area contributed by atoms with Crippen LogP contribution in [0.25, 0.3) is 0 Å². The molecule has 2 aromatic rings. The average Bonchev–Trinajstić information content (AvgIpc) is 3.22. The lowest BCUT2D eigenvalue weighted by molar-refractivity contribution is -0.275. The van der Waals surface area contributed by atoms with Gasteiger partial charge in [0, 0.05) is 22.6 Å². The first kappa shape index (κ1) is 27.3. The first-order valence-corrected chi connectivity index (χ1v) is 10.8. The maximum Gasteiger partial charge on any atom is 0.435 e. The molecule has 6 nitrogen and oxygen atoms in total. The van der Waals surface area contributed by atoms with E-state index in [0.717, 1.165) is 0 Å². The topological polar surface area (TPSA) is 79.8 Å². The van der Waals surface area contributed by atoms with E-state index in [4.69, 9.17) is 16.4 Å². The molecule has 36 heavy (non-hydrogen) atoms. The second-order valence-electron chi connectivity index (χ2n) is 8.25. The van der Waals surface area contributed by atoms with Gasteiger partial charge in [0.1, 0.15) is 6.54 Å². The summed E-state index contributed by atoms with van der Waals surface area (Å²) in [5, 5.41) is 7.62. The number of oxime groups is 1. The van der Waals surface area contributed by atoms with Crippen LogP contribution in [0.1, 0.15) is 39.0 Å². The van der Waals surface area contributed by atoms with Crippen LogP contribution in [0.15, 0.2) is 41.6 Å². The van der Waals surface area contributed by atoms with E-state index < -0.39 is 49.3 Å². The van der Waals surface area contributed by atoms with Gasteiger partial charge in [0.25, 0.3) is 11.5 Å². The average molecular weight is 536 g/mol. The maximum atomic E-state index is 14.2. The molecule has 2 aromatic carbocycles. The summed E-state index contributed by atoms with van der Waals surface area (Å²) >= 11 is 5.97. The normalized spacial score (nSPS) is 17.9. The molecule has 1 heterocycles. The number of rotatable bonds is 6. The Labute approximate surface area is 206 Å². The Bertz CT molecular complexity index is 1190. The lowest BCUT2D eigenvalue weighted by Gasteiger charge is -2.29. The molecule has 1 unspecified atom stereocenters. The Kier molecular flexibility index (Phi) is 7.58. The number of hydrogen-bond donors (Lipinski definition) is 2. The van der Waals surface area contributed by atoms with Gasteiger partial charge >= 0.3 is 12.4 Å². The summed E-state index contributed by atoms with van der Waals surface area (Å²) in [6.45, 7) is 0.886. The highest BCUT2D eigenvalue weighted by molar-refractivity contribution is 6.30. The quantitative estimate of drug-likeness (QED) is 0.514. The minimum atomic E-state index is -4.82. The zero-order valence-corrected chi connectivity index (χ0v) is 19.7. The maximum absolute atomic E-state index is 14.2. The molecule has 0 aliphatic carbocycles. The fourth-order valence-electron chi connectivity index (χ4n) is 3.64. The smallest absolute Gasteiger partial charge is 0.374 e. The van der Waals surface area contributed by atoms with Crippen LogP contribution >= 0.6 is 11.6 Å². The molecule has 0 saturated carbocycles. The summed E-state index contributed by atoms with van der Waals surface area (Å²) < 4.78 is 79.0. The van der Waals surface area contributed by atoms with Crippen LogP contribution in [0.2, 0.25) is 5.02 Å². The second kappa shape index (κ2) is 10.00. The Morgan fingerprint density at radius 1 is 1.06 bits per heavy atom. The highest BCUT2D eigenvalue weighted by atomic mass is 35.5. The number of carbonyl (C=O) groups excluding carboxylic acids is 2. The SMILES string of the molecule is Cc1cc(Cl)cc(C2(C(F)(F)F)CC(c3ccc(C(=O)NCC(=O)NCC(F)(F)F)c(C)c3)=NO2)c1. The molecule has 1 atom stereocenters. The standard InChI is InChI=1S/C23H20ClF6N3O3/c1-12-5-15(8-16(24)6-12)21(23(28,29)30)9-18(33-36-21)14-3-4-17(13(2)7-14)20(35)31-10-19(34)32-11-22(25,26)27/h3-8H,9-11H2,1-2H3,(H,31,35)(H,32,34). The van der Waals surface area contributed by atoms with Crippen molar-refractivity contribution in [2.75, 3.05) is 13.1 Å². The van der Waals surface area contributed by atoms with Gasteiger partial charge in [-0.05, 0) is 54.8 Å². The zero-order valence-electron chi connectivity index (χ0n) is 18.9. The third kappa shape index (κ3) is 6.10. The van der Waals surface area contributed by atoms with Gasteiger partial charge in [-0.1, -0.05) is 28.9 Å². The molecule has 0 bridgehead atoms. The predicted molar refractivity (Wildman–Crippen MR) is 119 cm³/mol. The predicted octanol–water partition coefficient (Wildman–Crippen LogP) is 4.95. The van der Waals surface area contributed by atoms with E-state index in [1.165, 1.54) is 43.3 Å². The van der Waals surface area contributed by atoms with Crippen LogP contribution in [-0.4, -0.2) is 43.0 Å². The molecule has 0 radical (unpaired) electrons. The molecular formula is C23H20ClF6N3O3. The molecular weight excluding hydrogens is 516 g/mol. The summed E-state index contributed by atoms with van der Waals surface area (Å²) in [7, 11) is 0. The van der Waals surface area contributed by atoms with Crippen LogP contribution in [0.4, 0.5) is 26.3 Å². The summed E-state index contributed by atoms with van der Waals surface area (Å²) in [5.74, 6) is -1.78. The third-order valence-electron chi connectivity index (χ3n) is 5.39. The number of halogens is 7. The molecule has 13 heteroatoms. The van der Waals surface area contributed by atoms with E-state index in [2.05, 4.69) is 10.5 Å². The van der Waals surface area contributed by atoms with Crippen molar-refractivity contribution in [1.82, 2.24) is 10.6 Å². The fourth-order valence-corrected chi connectivity index (χ4v) is 3.93. The van der Waals surface area contributed by atoms with Gasteiger partial charge in [-0.25, -0.2) is 0 Å². The Morgan fingerprint density at radius 3 is 2.33 bits per heavy atom. The first-order chi connectivity index (χ1) is 16.6. The van der Waals surface area contributed by atoms with Crippen LogP contribution in [0.5, 0.6) is 0 Å². The van der Waals surface area contributed by atoms with Gasteiger partial charge < -0.3 is 15.5 Å². The van der Waals surface area contributed by atoms with Crippen molar-refractivity contribution in [3.05, 3.63) is 69.2 Å². The molecule has 0 spiro atoms. The molecule has 1 aliphatic rings. The number of hydrogen-bond acceptors (Lipinski definition) is 4. The molecule has 194 valence electrons. The third-order valence-corrected chi connectivity index (χ3v) is 5.61. The van der Waals surface area contributed by atoms with Crippen molar-refractivity contribution >= 4 is 29.1 Å². The summed E-state index contributed by atoms with van der Waals surface area (Å²) in [6.07, 6.45) is -10.0. The van der Waals surface area contributed by atoms with Gasteiger partial charge in [0.15, 0.2) is 0 Å². The number of benzene rings is 2. The van der Waals surface area contributed by atoms with E-state index in [1.807, 2.05) is 0 Å². The number of alkyl halides is 6. The van der Waals surface area contributed by atoms with E-state index in [-0.39, 0.29) is 27.4 Å². The van der Waals surface area contributed by atoms with Crippen molar-refractivity contribution in [3.8, 4) is 0 Å². The van der Waals surface area contributed by atoms with Crippen LogP contribution in [-0.2, 0) is 15.2 Å². The first-order valence-electron chi connectivity index (χ1n) is 10.4. The minimum Gasteiger partial charge on any atom is -0.374 e. The van der Waals surface area contributed by atoms with Gasteiger partial charge in [0.05, 0.1) is 12.3 Å². The Morgan fingerprint density at radius 2 is 1.75 bits per heavy atom. The molecule has 2 amide bonds. The number of amides is 2. The second-order valence-corrected chi connectivity index (χ2v) is 8.69. The Balaban J connectivity index is 1.75. The molecule has 3 rings (SSSR count). The minimum absolute atomic E-state index is 0.00783. The van der Waals surface area contributed by atoms with Crippen molar-refractivity contribution in [3.63, 3.8) is 0 Å². The van der Waals surface area contributed by atoms with Gasteiger partial charge in [0.2, 0.25) is 5.91 Å². The zero-order chi connectivity index (χ0) is 26.9. The highest BCUT2D eigenvalue weighted by Crippen LogP contribution is 2.49. The van der Waals surface area contributed by atoms with E-state index in [9.17, 15) is 35.9 Å². The molecule has 1 aliphatic heterocycles. The largest absolute Gasteiger partial charge is 0.435 e. The van der Waals surface area contributed by atoms with E-state index in [1.54, 1.807) is 12.2 Å². The van der Waals surface area contributed by atoms with Crippen molar-refractivity contribution < 1.29 is 40.8 Å². The van der Waals surface area contributed by atoms with E-state index >= 15 is 0 Å². The highest BCUT2D eigenvalue weighted by Gasteiger charge is 2.62. The number of nitrogens with zero attached hydrogens (tertiary/aromatic N) is 1. The Hall–Kier alpha value is -3.28. The van der Waals surface area contributed by atoms with Gasteiger partial charge in [-0.3, -0.25) is 9.59 Å². The van der Waals surface area contributed by atoms with Crippen LogP contribution in [0, 0.1) is 13.8 Å². The summed E-state index contributed by atoms with van der Waals surface area (Å²) in [4.78, 5) is 28.8. The molecule has 0 saturated heterocycles. The van der Waals surface area contributed by atoms with Crippen molar-refractivity contribution in [1.29, 1.82) is 0 Å². The van der Waals surface area contributed by atoms with E-state index in [0.29, 0.717) is 11.1 Å². The number of carbonyl (C=O) groups is 2. The molecule has 2 N–H and O–H groups in total. The van der Waals surface area contributed by atoms with Crippen molar-refractivity contribution in [2.24, 2.45) is 5.16 Å². The lowest BCUT2D eigenvalue weighted by Crippen LogP contribution is -2.42. The monoisotopic (exact) mass is 535 g/mol. The molecule has 0 fully saturated rings. The van der Waals surface area contributed by atoms with Crippen LogP contribution in [0.3, 0.4) is 0 Å². The van der Waals surface area contributed by atoms with Gasteiger partial charge in [-0.2, -0.15) is 26.3 Å². The summed E-state index contributed by atoms with van der Waals surface area (Å²) in [5.41, 5.74) is -1.75. The molecule has 0 aromatic heterocycles. The van der Waals surface area contributed by atoms with Crippen molar-refractivity contribution in [2.45, 2.75) is 38.2 Å². The van der Waals surface area contributed by atoms with Gasteiger partial charge in [-0.15, -0.1) is 0 Å². The van der Waals surface area contributed by atoms with Crippen LogP contribution < -0.4 is 10.6 Å². The number of nitrogens with one attached hydrogen (secondary N) is 2. The summed E-state index contributed by atoms with van der Waals surface area (Å²) in [6, 6.07) is 8.11. The lowest BCUT2D eigenvalue weighted by atomic mass is 9.85. The fraction of sp³-hybridized carbons (Fsp3) is 0.348. The number of aryl methyl sites for hydroxylation is 2.